The van der Waals surface area contributed by atoms with Crippen LogP contribution >= 0.6 is 0 Å². The summed E-state index contributed by atoms with van der Waals surface area (Å²) in [5, 5.41) is 0. The summed E-state index contributed by atoms with van der Waals surface area (Å²) < 4.78 is 15.4. The Labute approximate surface area is 235 Å². The van der Waals surface area contributed by atoms with Gasteiger partial charge >= 0.3 is 0 Å². The number of hydrogen-bond acceptors (Lipinski definition) is 2. The number of nitrogens with zero attached hydrogens (tertiary/aromatic N) is 2. The van der Waals surface area contributed by atoms with Crippen LogP contribution in [0.4, 0.5) is 0 Å². The molecule has 0 N–H and O–H groups in total. The Bertz CT molecular complexity index is 1610. The van der Waals surface area contributed by atoms with Gasteiger partial charge in [-0.25, -0.2) is 0 Å². The summed E-state index contributed by atoms with van der Waals surface area (Å²) in [6.45, 7) is 4.40. The summed E-state index contributed by atoms with van der Waals surface area (Å²) in [5.74, 6) is 1.69. The highest BCUT2D eigenvalue weighted by molar-refractivity contribution is 5.94. The van der Waals surface area contributed by atoms with Gasteiger partial charge in [0.05, 0.1) is 14.2 Å². The lowest BCUT2D eigenvalue weighted by molar-refractivity contribution is 0.414. The monoisotopic (exact) mass is 524 g/mol. The van der Waals surface area contributed by atoms with Crippen molar-refractivity contribution in [3.05, 3.63) is 133 Å². The van der Waals surface area contributed by atoms with Gasteiger partial charge in [0.2, 0.25) is 0 Å². The van der Waals surface area contributed by atoms with Crippen molar-refractivity contribution in [2.75, 3.05) is 14.2 Å². The van der Waals surface area contributed by atoms with Crippen LogP contribution in [0.2, 0.25) is 0 Å². The van der Waals surface area contributed by atoms with Crippen molar-refractivity contribution < 1.29 is 9.47 Å². The van der Waals surface area contributed by atoms with E-state index in [9.17, 15) is 0 Å². The van der Waals surface area contributed by atoms with Crippen molar-refractivity contribution in [3.63, 3.8) is 0 Å². The smallest absolute Gasteiger partial charge is 0.119 e. The number of benzene rings is 4. The van der Waals surface area contributed by atoms with E-state index in [1.165, 1.54) is 44.8 Å². The molecule has 0 aliphatic carbocycles. The second-order valence-corrected chi connectivity index (χ2v) is 9.87. The quantitative estimate of drug-likeness (QED) is 0.209. The van der Waals surface area contributed by atoms with Crippen LogP contribution in [0.5, 0.6) is 11.5 Å². The second kappa shape index (κ2) is 10.7. The molecule has 4 nitrogen and oxygen atoms in total. The van der Waals surface area contributed by atoms with E-state index in [1.54, 1.807) is 14.2 Å². The van der Waals surface area contributed by atoms with Gasteiger partial charge < -0.3 is 18.6 Å². The Balaban J connectivity index is 1.63. The third-order valence-corrected chi connectivity index (χ3v) is 7.62. The topological polar surface area (TPSA) is 28.3 Å². The molecule has 0 unspecified atom stereocenters. The van der Waals surface area contributed by atoms with Crippen molar-refractivity contribution in [2.24, 2.45) is 0 Å². The zero-order valence-corrected chi connectivity index (χ0v) is 23.3. The zero-order chi connectivity index (χ0) is 27.6. The van der Waals surface area contributed by atoms with Crippen LogP contribution in [0.25, 0.3) is 44.8 Å². The van der Waals surface area contributed by atoms with E-state index in [2.05, 4.69) is 120 Å². The molecular weight excluding hydrogens is 492 g/mol. The molecule has 6 aromatic rings. The normalized spacial score (nSPS) is 11.0. The van der Waals surface area contributed by atoms with Gasteiger partial charge in [0.15, 0.2) is 0 Å². The predicted octanol–water partition coefficient (Wildman–Crippen LogP) is 8.90. The molecule has 198 valence electrons. The van der Waals surface area contributed by atoms with Crippen LogP contribution in [-0.2, 0) is 0 Å². The second-order valence-electron chi connectivity index (χ2n) is 9.87. The van der Waals surface area contributed by atoms with E-state index in [0.29, 0.717) is 0 Å². The minimum Gasteiger partial charge on any atom is -0.497 e. The number of hydrogen-bond donors (Lipinski definition) is 0. The highest BCUT2D eigenvalue weighted by atomic mass is 16.5. The van der Waals surface area contributed by atoms with Crippen LogP contribution in [0, 0.1) is 13.8 Å². The Morgan fingerprint density at radius 2 is 0.800 bits per heavy atom. The molecule has 0 aliphatic rings. The van der Waals surface area contributed by atoms with E-state index < -0.39 is 0 Å². The Hall–Kier alpha value is -4.96. The highest BCUT2D eigenvalue weighted by Gasteiger charge is 2.23. The fraction of sp³-hybridized carbons (Fsp3) is 0.111. The van der Waals surface area contributed by atoms with E-state index in [-0.39, 0.29) is 0 Å². The summed E-state index contributed by atoms with van der Waals surface area (Å²) in [6, 6.07) is 37.8. The SMILES string of the molecule is COc1ccc(-n2cc(-c3cn(-c4ccc(OC)cc4)c(C)c3-c3ccccc3)c(-c3ccccc3)c2C)cc1. The number of methoxy groups -OCH3 is 2. The maximum Gasteiger partial charge on any atom is 0.119 e. The molecular formula is C36H32N2O2. The highest BCUT2D eigenvalue weighted by Crippen LogP contribution is 2.44. The molecule has 0 amide bonds. The summed E-state index contributed by atoms with van der Waals surface area (Å²) in [7, 11) is 3.39. The maximum atomic E-state index is 5.42. The minimum absolute atomic E-state index is 0.843. The van der Waals surface area contributed by atoms with Gasteiger partial charge in [0, 0.05) is 57.4 Å². The molecule has 0 aliphatic heterocycles. The predicted molar refractivity (Wildman–Crippen MR) is 164 cm³/mol. The van der Waals surface area contributed by atoms with Crippen LogP contribution in [0.1, 0.15) is 11.4 Å². The first-order valence-electron chi connectivity index (χ1n) is 13.4. The molecule has 4 heteroatoms. The Kier molecular flexibility index (Phi) is 6.75. The zero-order valence-electron chi connectivity index (χ0n) is 23.3. The van der Waals surface area contributed by atoms with Crippen molar-refractivity contribution in [1.82, 2.24) is 9.13 Å². The molecule has 2 aromatic heterocycles. The lowest BCUT2D eigenvalue weighted by Gasteiger charge is -2.10. The van der Waals surface area contributed by atoms with Crippen molar-refractivity contribution in [1.29, 1.82) is 0 Å². The molecule has 0 atom stereocenters. The molecule has 6 rings (SSSR count). The molecule has 2 heterocycles. The van der Waals surface area contributed by atoms with Crippen molar-refractivity contribution >= 4 is 0 Å². The summed E-state index contributed by atoms with van der Waals surface area (Å²) in [6.07, 6.45) is 4.55. The van der Waals surface area contributed by atoms with Gasteiger partial charge in [-0.3, -0.25) is 0 Å². The van der Waals surface area contributed by atoms with E-state index in [4.69, 9.17) is 9.47 Å². The first kappa shape index (κ1) is 25.3. The van der Waals surface area contributed by atoms with Gasteiger partial charge in [-0.2, -0.15) is 0 Å². The summed E-state index contributed by atoms with van der Waals surface area (Å²) in [4.78, 5) is 0. The standard InChI is InChI=1S/C36H32N2O2/c1-25-35(27-11-7-5-8-12-27)33(23-37(25)29-15-19-31(39-3)20-16-29)34-24-38(30-17-21-32(40-4)22-18-30)26(2)36(34)28-13-9-6-10-14-28/h5-24H,1-4H3. The molecule has 0 bridgehead atoms. The number of rotatable bonds is 7. The van der Waals surface area contributed by atoms with Crippen LogP contribution < -0.4 is 9.47 Å². The third kappa shape index (κ3) is 4.48. The molecule has 0 spiro atoms. The Morgan fingerprint density at radius 3 is 1.12 bits per heavy atom. The Morgan fingerprint density at radius 1 is 0.450 bits per heavy atom. The molecule has 4 aromatic carbocycles. The number of aromatic nitrogens is 2. The average molecular weight is 525 g/mol. The lowest BCUT2D eigenvalue weighted by atomic mass is 9.93. The van der Waals surface area contributed by atoms with Crippen molar-refractivity contribution in [2.45, 2.75) is 13.8 Å². The van der Waals surface area contributed by atoms with Gasteiger partial charge in [-0.15, -0.1) is 0 Å². The van der Waals surface area contributed by atoms with Crippen molar-refractivity contribution in [3.8, 4) is 56.3 Å². The average Bonchev–Trinajstić information content (AvgIpc) is 3.54. The number of ether oxygens (including phenoxy) is 2. The first-order valence-corrected chi connectivity index (χ1v) is 13.4. The van der Waals surface area contributed by atoms with Crippen LogP contribution in [0.15, 0.2) is 122 Å². The molecule has 40 heavy (non-hydrogen) atoms. The molecule has 0 radical (unpaired) electrons. The molecule has 0 saturated carbocycles. The first-order chi connectivity index (χ1) is 19.6. The van der Waals surface area contributed by atoms with Gasteiger partial charge in [-0.05, 0) is 73.5 Å². The van der Waals surface area contributed by atoms with Crippen LogP contribution in [-0.4, -0.2) is 23.4 Å². The molecule has 0 saturated heterocycles. The van der Waals surface area contributed by atoms with Crippen LogP contribution in [0.3, 0.4) is 0 Å². The van der Waals surface area contributed by atoms with Gasteiger partial charge in [-0.1, -0.05) is 60.7 Å². The fourth-order valence-electron chi connectivity index (χ4n) is 5.58. The fourth-order valence-corrected chi connectivity index (χ4v) is 5.58. The van der Waals surface area contributed by atoms with E-state index >= 15 is 0 Å². The summed E-state index contributed by atoms with van der Waals surface area (Å²) >= 11 is 0. The largest absolute Gasteiger partial charge is 0.497 e. The van der Waals surface area contributed by atoms with Gasteiger partial charge in [0.25, 0.3) is 0 Å². The van der Waals surface area contributed by atoms with E-state index in [0.717, 1.165) is 22.9 Å². The summed E-state index contributed by atoms with van der Waals surface area (Å²) in [5.41, 5.74) is 11.7. The minimum atomic E-state index is 0.843. The molecule has 0 fully saturated rings. The van der Waals surface area contributed by atoms with E-state index in [1.807, 2.05) is 24.3 Å². The third-order valence-electron chi connectivity index (χ3n) is 7.62. The van der Waals surface area contributed by atoms with Gasteiger partial charge in [0.1, 0.15) is 11.5 Å². The maximum absolute atomic E-state index is 5.42. The lowest BCUT2D eigenvalue weighted by Crippen LogP contribution is -1.95.